The SMILES string of the molecule is C/C=C\C1=CCC(C(=O)OCC)(C(=O)OCC)C1C. The number of rotatable bonds is 5. The van der Waals surface area contributed by atoms with E-state index < -0.39 is 17.4 Å². The molecule has 0 aromatic carbocycles. The standard InChI is InChI=1S/C15H22O4/c1-5-8-12-9-10-15(11(12)4,13(16)18-6-2)14(17)19-7-3/h5,8-9,11H,6-7,10H2,1-4H3/b8-5-. The summed E-state index contributed by atoms with van der Waals surface area (Å²) < 4.78 is 10.2. The van der Waals surface area contributed by atoms with Gasteiger partial charge in [0.25, 0.3) is 0 Å². The second kappa shape index (κ2) is 6.55. The molecule has 0 aliphatic heterocycles. The van der Waals surface area contributed by atoms with Crippen molar-refractivity contribution < 1.29 is 19.1 Å². The van der Waals surface area contributed by atoms with Gasteiger partial charge in [0.2, 0.25) is 0 Å². The van der Waals surface area contributed by atoms with Crippen molar-refractivity contribution in [1.82, 2.24) is 0 Å². The van der Waals surface area contributed by atoms with Crippen LogP contribution in [0.4, 0.5) is 0 Å². The molecule has 0 amide bonds. The van der Waals surface area contributed by atoms with Crippen LogP contribution in [-0.2, 0) is 19.1 Å². The Morgan fingerprint density at radius 3 is 2.26 bits per heavy atom. The first kappa shape index (κ1) is 15.5. The molecule has 1 aliphatic carbocycles. The lowest BCUT2D eigenvalue weighted by atomic mass is 9.76. The highest BCUT2D eigenvalue weighted by molar-refractivity contribution is 6.01. The van der Waals surface area contributed by atoms with E-state index in [1.807, 2.05) is 32.1 Å². The molecule has 4 heteroatoms. The minimum absolute atomic E-state index is 0.234. The number of allylic oxidation sites excluding steroid dienone is 4. The van der Waals surface area contributed by atoms with Gasteiger partial charge in [-0.05, 0) is 32.8 Å². The van der Waals surface area contributed by atoms with Crippen molar-refractivity contribution in [2.75, 3.05) is 13.2 Å². The Bertz CT molecular complexity index is 388. The molecule has 0 saturated heterocycles. The van der Waals surface area contributed by atoms with Gasteiger partial charge >= 0.3 is 11.9 Å². The van der Waals surface area contributed by atoms with Gasteiger partial charge < -0.3 is 9.47 Å². The molecule has 0 N–H and O–H groups in total. The van der Waals surface area contributed by atoms with Crippen LogP contribution in [0.25, 0.3) is 0 Å². The van der Waals surface area contributed by atoms with Crippen LogP contribution in [0.5, 0.6) is 0 Å². The maximum absolute atomic E-state index is 12.3. The van der Waals surface area contributed by atoms with E-state index in [-0.39, 0.29) is 19.1 Å². The number of carbonyl (C=O) groups excluding carboxylic acids is 2. The molecule has 1 rings (SSSR count). The summed E-state index contributed by atoms with van der Waals surface area (Å²) in [5, 5.41) is 0. The van der Waals surface area contributed by atoms with Crippen LogP contribution < -0.4 is 0 Å². The molecule has 4 nitrogen and oxygen atoms in total. The molecule has 106 valence electrons. The summed E-state index contributed by atoms with van der Waals surface area (Å²) in [6, 6.07) is 0. The Morgan fingerprint density at radius 1 is 1.32 bits per heavy atom. The Morgan fingerprint density at radius 2 is 1.84 bits per heavy atom. The Kier molecular flexibility index (Phi) is 5.33. The van der Waals surface area contributed by atoms with Crippen molar-refractivity contribution in [1.29, 1.82) is 0 Å². The van der Waals surface area contributed by atoms with E-state index in [0.29, 0.717) is 6.42 Å². The smallest absolute Gasteiger partial charge is 0.324 e. The van der Waals surface area contributed by atoms with E-state index in [2.05, 4.69) is 0 Å². The molecule has 0 saturated carbocycles. The molecule has 0 radical (unpaired) electrons. The normalized spacial score (nSPS) is 21.3. The van der Waals surface area contributed by atoms with Gasteiger partial charge in [-0.25, -0.2) is 0 Å². The third-order valence-electron chi connectivity index (χ3n) is 3.54. The van der Waals surface area contributed by atoms with E-state index in [4.69, 9.17) is 9.47 Å². The Hall–Kier alpha value is -1.58. The molecular formula is C15H22O4. The third-order valence-corrected chi connectivity index (χ3v) is 3.54. The fourth-order valence-corrected chi connectivity index (χ4v) is 2.45. The molecule has 19 heavy (non-hydrogen) atoms. The summed E-state index contributed by atoms with van der Waals surface area (Å²) in [6.07, 6.45) is 6.07. The van der Waals surface area contributed by atoms with Crippen LogP contribution in [0.15, 0.2) is 23.8 Å². The second-order valence-electron chi connectivity index (χ2n) is 4.54. The van der Waals surface area contributed by atoms with Crippen molar-refractivity contribution in [3.8, 4) is 0 Å². The second-order valence-corrected chi connectivity index (χ2v) is 4.54. The lowest BCUT2D eigenvalue weighted by Gasteiger charge is -2.29. The van der Waals surface area contributed by atoms with Gasteiger partial charge in [-0.3, -0.25) is 9.59 Å². The van der Waals surface area contributed by atoms with E-state index in [1.54, 1.807) is 13.8 Å². The minimum atomic E-state index is -1.22. The molecule has 0 bridgehead atoms. The van der Waals surface area contributed by atoms with Crippen molar-refractivity contribution in [2.24, 2.45) is 11.3 Å². The summed E-state index contributed by atoms with van der Waals surface area (Å²) in [5.74, 6) is -1.21. The van der Waals surface area contributed by atoms with Gasteiger partial charge in [0, 0.05) is 5.92 Å². The lowest BCUT2D eigenvalue weighted by molar-refractivity contribution is -0.174. The summed E-state index contributed by atoms with van der Waals surface area (Å²) in [6.45, 7) is 7.75. The number of carbonyl (C=O) groups is 2. The predicted octanol–water partition coefficient (Wildman–Crippen LogP) is 2.64. The molecule has 0 aromatic rings. The van der Waals surface area contributed by atoms with Gasteiger partial charge in [0.1, 0.15) is 0 Å². The monoisotopic (exact) mass is 266 g/mol. The highest BCUT2D eigenvalue weighted by Gasteiger charge is 2.55. The fraction of sp³-hybridized carbons (Fsp3) is 0.600. The number of hydrogen-bond acceptors (Lipinski definition) is 4. The quantitative estimate of drug-likeness (QED) is 0.567. The molecule has 0 heterocycles. The number of hydrogen-bond donors (Lipinski definition) is 0. The van der Waals surface area contributed by atoms with E-state index in [0.717, 1.165) is 5.57 Å². The fourth-order valence-electron chi connectivity index (χ4n) is 2.45. The summed E-state index contributed by atoms with van der Waals surface area (Å²) in [7, 11) is 0. The average Bonchev–Trinajstić information content (AvgIpc) is 2.69. The van der Waals surface area contributed by atoms with Gasteiger partial charge in [-0.1, -0.05) is 25.2 Å². The first-order valence-corrected chi connectivity index (χ1v) is 6.71. The van der Waals surface area contributed by atoms with Crippen LogP contribution in [-0.4, -0.2) is 25.2 Å². The van der Waals surface area contributed by atoms with Gasteiger partial charge in [-0.2, -0.15) is 0 Å². The lowest BCUT2D eigenvalue weighted by Crippen LogP contribution is -2.45. The topological polar surface area (TPSA) is 52.6 Å². The first-order valence-electron chi connectivity index (χ1n) is 6.71. The van der Waals surface area contributed by atoms with Crippen LogP contribution in [0.2, 0.25) is 0 Å². The summed E-state index contributed by atoms with van der Waals surface area (Å²) >= 11 is 0. The zero-order chi connectivity index (χ0) is 14.5. The predicted molar refractivity (Wildman–Crippen MR) is 72.4 cm³/mol. The van der Waals surface area contributed by atoms with Crippen LogP contribution in [0.3, 0.4) is 0 Å². The van der Waals surface area contributed by atoms with Crippen molar-refractivity contribution >= 4 is 11.9 Å². The highest BCUT2D eigenvalue weighted by atomic mass is 16.6. The molecule has 1 atom stereocenters. The van der Waals surface area contributed by atoms with Gasteiger partial charge in [0.05, 0.1) is 13.2 Å². The van der Waals surface area contributed by atoms with Crippen molar-refractivity contribution in [3.63, 3.8) is 0 Å². The van der Waals surface area contributed by atoms with Crippen molar-refractivity contribution in [2.45, 2.75) is 34.1 Å². The maximum atomic E-state index is 12.3. The van der Waals surface area contributed by atoms with Gasteiger partial charge in [0.15, 0.2) is 5.41 Å². The average molecular weight is 266 g/mol. The molecule has 0 fully saturated rings. The molecule has 0 spiro atoms. The zero-order valence-corrected chi connectivity index (χ0v) is 12.1. The maximum Gasteiger partial charge on any atom is 0.324 e. The van der Waals surface area contributed by atoms with Crippen molar-refractivity contribution in [3.05, 3.63) is 23.8 Å². The third kappa shape index (κ3) is 2.72. The molecule has 0 aromatic heterocycles. The minimum Gasteiger partial charge on any atom is -0.465 e. The van der Waals surface area contributed by atoms with E-state index in [1.165, 1.54) is 0 Å². The number of esters is 2. The van der Waals surface area contributed by atoms with E-state index in [9.17, 15) is 9.59 Å². The molecule has 1 aliphatic rings. The summed E-state index contributed by atoms with van der Waals surface area (Å²) in [4.78, 5) is 24.5. The highest BCUT2D eigenvalue weighted by Crippen LogP contribution is 2.45. The van der Waals surface area contributed by atoms with Crippen LogP contribution >= 0.6 is 0 Å². The molecule has 1 unspecified atom stereocenters. The van der Waals surface area contributed by atoms with Gasteiger partial charge in [-0.15, -0.1) is 0 Å². The summed E-state index contributed by atoms with van der Waals surface area (Å²) in [5.41, 5.74) is -0.246. The van der Waals surface area contributed by atoms with Crippen LogP contribution in [0, 0.1) is 11.3 Å². The first-order chi connectivity index (χ1) is 9.04. The Balaban J connectivity index is 3.10. The largest absolute Gasteiger partial charge is 0.465 e. The van der Waals surface area contributed by atoms with Crippen LogP contribution in [0.1, 0.15) is 34.1 Å². The zero-order valence-electron chi connectivity index (χ0n) is 12.1. The van der Waals surface area contributed by atoms with E-state index >= 15 is 0 Å². The molecular weight excluding hydrogens is 244 g/mol. The number of ether oxygens (including phenoxy) is 2. The Labute approximate surface area is 114 Å².